The lowest BCUT2D eigenvalue weighted by atomic mass is 10.1. The van der Waals surface area contributed by atoms with Gasteiger partial charge in [0.25, 0.3) is 5.91 Å². The average molecular weight is 465 g/mol. The number of fused-ring (bicyclic) bond motifs is 1. The van der Waals surface area contributed by atoms with Gasteiger partial charge in [0, 0.05) is 6.54 Å². The number of hydrogen-bond donors (Lipinski definition) is 1. The molecule has 1 aliphatic rings. The summed E-state index contributed by atoms with van der Waals surface area (Å²) in [7, 11) is 0. The van der Waals surface area contributed by atoms with E-state index < -0.39 is 0 Å². The van der Waals surface area contributed by atoms with Gasteiger partial charge >= 0.3 is 6.03 Å². The van der Waals surface area contributed by atoms with Crippen molar-refractivity contribution in [1.82, 2.24) is 10.2 Å². The van der Waals surface area contributed by atoms with Gasteiger partial charge in [0.15, 0.2) is 0 Å². The maximum Gasteiger partial charge on any atom is 0.329 e. The predicted octanol–water partition coefficient (Wildman–Crippen LogP) is 5.48. The van der Waals surface area contributed by atoms with E-state index in [0.717, 1.165) is 22.0 Å². The minimum absolute atomic E-state index is 0.282. The zero-order chi connectivity index (χ0) is 21.1. The summed E-state index contributed by atoms with van der Waals surface area (Å²) in [6.45, 7) is 2.78. The van der Waals surface area contributed by atoms with Crippen LogP contribution in [0.15, 0.2) is 70.8 Å². The predicted molar refractivity (Wildman–Crippen MR) is 121 cm³/mol. The van der Waals surface area contributed by atoms with Gasteiger partial charge < -0.3 is 10.1 Å². The number of halogens is 1. The molecule has 152 valence electrons. The topological polar surface area (TPSA) is 58.6 Å². The Morgan fingerprint density at radius 1 is 1.07 bits per heavy atom. The zero-order valence-electron chi connectivity index (χ0n) is 16.5. The molecule has 1 N–H and O–H groups in total. The first kappa shape index (κ1) is 20.2. The smallest absolute Gasteiger partial charge is 0.329 e. The molecule has 5 nitrogen and oxygen atoms in total. The number of carbonyl (C=O) groups is 2. The van der Waals surface area contributed by atoms with Gasteiger partial charge in [0.2, 0.25) is 0 Å². The molecule has 0 bridgehead atoms. The van der Waals surface area contributed by atoms with Crippen molar-refractivity contribution in [2.45, 2.75) is 20.0 Å². The third-order valence-corrected chi connectivity index (χ3v) is 5.56. The molecule has 0 unspecified atom stereocenters. The van der Waals surface area contributed by atoms with Crippen molar-refractivity contribution in [3.05, 3.63) is 82.0 Å². The number of amides is 3. The molecule has 0 spiro atoms. The van der Waals surface area contributed by atoms with Gasteiger partial charge in [-0.15, -0.1) is 0 Å². The van der Waals surface area contributed by atoms with Crippen LogP contribution in [0.5, 0.6) is 5.75 Å². The van der Waals surface area contributed by atoms with Gasteiger partial charge in [0.05, 0.1) is 4.47 Å². The second-order valence-corrected chi connectivity index (χ2v) is 7.92. The summed E-state index contributed by atoms with van der Waals surface area (Å²) in [5.41, 5.74) is 2.19. The van der Waals surface area contributed by atoms with Crippen LogP contribution in [0.4, 0.5) is 4.79 Å². The lowest BCUT2D eigenvalue weighted by Gasteiger charge is -2.11. The Hall–Kier alpha value is -3.12. The zero-order valence-corrected chi connectivity index (χ0v) is 18.1. The Morgan fingerprint density at radius 2 is 1.87 bits per heavy atom. The van der Waals surface area contributed by atoms with Crippen LogP contribution in [-0.2, 0) is 11.4 Å². The molecule has 0 aromatic heterocycles. The van der Waals surface area contributed by atoms with Gasteiger partial charge in [0.1, 0.15) is 18.1 Å². The second-order valence-electron chi connectivity index (χ2n) is 7.06. The Balaban J connectivity index is 1.50. The van der Waals surface area contributed by atoms with E-state index in [0.29, 0.717) is 18.9 Å². The highest BCUT2D eigenvalue weighted by Gasteiger charge is 2.32. The minimum atomic E-state index is -0.373. The van der Waals surface area contributed by atoms with Crippen LogP contribution in [0.2, 0.25) is 0 Å². The van der Waals surface area contributed by atoms with Gasteiger partial charge in [-0.1, -0.05) is 55.5 Å². The molecular weight excluding hydrogens is 444 g/mol. The van der Waals surface area contributed by atoms with E-state index in [9.17, 15) is 9.59 Å². The van der Waals surface area contributed by atoms with Crippen LogP contribution in [0, 0.1) is 0 Å². The number of carbonyl (C=O) groups excluding carboxylic acids is 2. The Kier molecular flexibility index (Phi) is 5.86. The molecule has 1 saturated heterocycles. The monoisotopic (exact) mass is 464 g/mol. The summed E-state index contributed by atoms with van der Waals surface area (Å²) >= 11 is 3.55. The van der Waals surface area contributed by atoms with Crippen LogP contribution < -0.4 is 10.1 Å². The fourth-order valence-corrected chi connectivity index (χ4v) is 3.97. The van der Waals surface area contributed by atoms with E-state index in [1.807, 2.05) is 43.3 Å². The number of hydrogen-bond acceptors (Lipinski definition) is 3. The second kappa shape index (κ2) is 8.71. The number of nitrogens with one attached hydrogen (secondary N) is 1. The van der Waals surface area contributed by atoms with Crippen molar-refractivity contribution < 1.29 is 14.3 Å². The van der Waals surface area contributed by atoms with Crippen LogP contribution in [0.3, 0.4) is 0 Å². The summed E-state index contributed by atoms with van der Waals surface area (Å²) in [5, 5.41) is 4.99. The van der Waals surface area contributed by atoms with E-state index in [2.05, 4.69) is 45.5 Å². The van der Waals surface area contributed by atoms with Crippen molar-refractivity contribution in [1.29, 1.82) is 0 Å². The SMILES string of the molecule is CCCN1C(=O)N/C(=C/c2ccc(OCc3cccc4ccccc34)c(Br)c2)C1=O. The molecule has 0 radical (unpaired) electrons. The molecule has 0 atom stereocenters. The highest BCUT2D eigenvalue weighted by molar-refractivity contribution is 9.10. The van der Waals surface area contributed by atoms with Crippen LogP contribution >= 0.6 is 15.9 Å². The molecule has 0 saturated carbocycles. The molecule has 1 fully saturated rings. The summed E-state index contributed by atoms with van der Waals surface area (Å²) < 4.78 is 6.81. The molecule has 1 heterocycles. The fraction of sp³-hybridized carbons (Fsp3) is 0.167. The summed E-state index contributed by atoms with van der Waals surface area (Å²) in [6.07, 6.45) is 2.40. The fourth-order valence-electron chi connectivity index (χ4n) is 3.46. The molecule has 0 aliphatic carbocycles. The molecule has 30 heavy (non-hydrogen) atoms. The van der Waals surface area contributed by atoms with Crippen LogP contribution in [0.25, 0.3) is 16.8 Å². The van der Waals surface area contributed by atoms with Crippen LogP contribution in [-0.4, -0.2) is 23.4 Å². The van der Waals surface area contributed by atoms with E-state index in [-0.39, 0.29) is 17.6 Å². The molecule has 4 rings (SSSR count). The van der Waals surface area contributed by atoms with Gasteiger partial charge in [-0.3, -0.25) is 9.69 Å². The molecular formula is C24H21BrN2O3. The number of ether oxygens (including phenoxy) is 1. The Bertz CT molecular complexity index is 1150. The summed E-state index contributed by atoms with van der Waals surface area (Å²) in [4.78, 5) is 25.5. The molecule has 3 aromatic rings. The van der Waals surface area contributed by atoms with Crippen LogP contribution in [0.1, 0.15) is 24.5 Å². The van der Waals surface area contributed by atoms with E-state index in [4.69, 9.17) is 4.74 Å². The highest BCUT2D eigenvalue weighted by Crippen LogP contribution is 2.29. The third-order valence-electron chi connectivity index (χ3n) is 4.94. The standard InChI is InChI=1S/C24H21BrN2O3/c1-2-12-27-23(28)21(26-24(27)29)14-16-10-11-22(20(25)13-16)30-15-18-8-5-7-17-6-3-4-9-19(17)18/h3-11,13-14H,2,12,15H2,1H3,(H,26,29)/b21-14+. The largest absolute Gasteiger partial charge is 0.488 e. The maximum absolute atomic E-state index is 12.4. The first-order valence-corrected chi connectivity index (χ1v) is 10.6. The van der Waals surface area contributed by atoms with Crippen molar-refractivity contribution in [3.63, 3.8) is 0 Å². The van der Waals surface area contributed by atoms with E-state index in [1.54, 1.807) is 6.08 Å². The first-order valence-electron chi connectivity index (χ1n) is 9.80. The summed E-state index contributed by atoms with van der Waals surface area (Å²) in [5.74, 6) is 0.411. The number of nitrogens with zero attached hydrogens (tertiary/aromatic N) is 1. The third kappa shape index (κ3) is 4.09. The number of benzene rings is 3. The van der Waals surface area contributed by atoms with E-state index in [1.165, 1.54) is 15.7 Å². The van der Waals surface area contributed by atoms with Gasteiger partial charge in [-0.2, -0.15) is 0 Å². The first-order chi connectivity index (χ1) is 14.6. The van der Waals surface area contributed by atoms with E-state index >= 15 is 0 Å². The molecule has 1 aliphatic heterocycles. The number of rotatable bonds is 6. The average Bonchev–Trinajstić information content (AvgIpc) is 3.01. The number of urea groups is 1. The normalized spacial score (nSPS) is 15.1. The lowest BCUT2D eigenvalue weighted by Crippen LogP contribution is -2.31. The van der Waals surface area contributed by atoms with Crippen molar-refractivity contribution in [2.75, 3.05) is 6.54 Å². The Labute approximate surface area is 183 Å². The van der Waals surface area contributed by atoms with Crippen molar-refractivity contribution in [2.24, 2.45) is 0 Å². The molecule has 3 aromatic carbocycles. The minimum Gasteiger partial charge on any atom is -0.488 e. The quantitative estimate of drug-likeness (QED) is 0.387. The summed E-state index contributed by atoms with van der Waals surface area (Å²) in [6, 6.07) is 19.6. The van der Waals surface area contributed by atoms with Gasteiger partial charge in [-0.05, 0) is 62.5 Å². The van der Waals surface area contributed by atoms with Gasteiger partial charge in [-0.25, -0.2) is 4.79 Å². The maximum atomic E-state index is 12.4. The molecule has 3 amide bonds. The molecule has 6 heteroatoms. The lowest BCUT2D eigenvalue weighted by molar-refractivity contribution is -0.122. The van der Waals surface area contributed by atoms with Crippen molar-refractivity contribution in [3.8, 4) is 5.75 Å². The Morgan fingerprint density at radius 3 is 2.67 bits per heavy atom. The highest BCUT2D eigenvalue weighted by atomic mass is 79.9. The van der Waals surface area contributed by atoms with Crippen molar-refractivity contribution >= 4 is 44.7 Å². The number of imide groups is 1.